The van der Waals surface area contributed by atoms with E-state index in [4.69, 9.17) is 4.74 Å². The number of Topliss-reactive ketones (excluding diaryl/α,β-unsaturated/α-hetero) is 1. The third kappa shape index (κ3) is 3.31. The first-order valence-corrected chi connectivity index (χ1v) is 11.6. The number of benzene rings is 1. The number of aromatic nitrogens is 2. The Balaban J connectivity index is 1.79. The van der Waals surface area contributed by atoms with E-state index in [1.165, 1.54) is 19.5 Å². The smallest absolute Gasteiger partial charge is 0.162 e. The van der Waals surface area contributed by atoms with E-state index in [1.807, 2.05) is 36.4 Å². The number of ketones is 1. The number of anilines is 1. The first-order chi connectivity index (χ1) is 16.3. The Bertz CT molecular complexity index is 1330. The summed E-state index contributed by atoms with van der Waals surface area (Å²) in [5.41, 5.74) is 3.84. The Morgan fingerprint density at radius 3 is 2.74 bits per heavy atom. The van der Waals surface area contributed by atoms with E-state index < -0.39 is 11.2 Å². The lowest BCUT2D eigenvalue weighted by Crippen LogP contribution is -2.43. The van der Waals surface area contributed by atoms with Crippen LogP contribution in [0.5, 0.6) is 5.75 Å². The molecule has 0 saturated carbocycles. The highest BCUT2D eigenvalue weighted by Crippen LogP contribution is 2.54. The van der Waals surface area contributed by atoms with Gasteiger partial charge in [0.25, 0.3) is 0 Å². The van der Waals surface area contributed by atoms with Gasteiger partial charge in [-0.2, -0.15) is 0 Å². The normalized spacial score (nSPS) is 20.9. The zero-order valence-electron chi connectivity index (χ0n) is 19.9. The fraction of sp³-hybridized carbons (Fsp3) is 0.321. The molecule has 1 N–H and O–H groups in total. The number of rotatable bonds is 4. The molecule has 3 aromatic rings. The van der Waals surface area contributed by atoms with Crippen molar-refractivity contribution in [2.75, 3.05) is 12.4 Å². The van der Waals surface area contributed by atoms with Gasteiger partial charge < -0.3 is 10.1 Å². The molecule has 1 aliphatic carbocycles. The van der Waals surface area contributed by atoms with E-state index in [-0.39, 0.29) is 11.2 Å². The molecule has 0 radical (unpaired) electrons. The summed E-state index contributed by atoms with van der Waals surface area (Å²) in [4.78, 5) is 22.3. The predicted octanol–water partition coefficient (Wildman–Crippen LogP) is 6.06. The van der Waals surface area contributed by atoms with Gasteiger partial charge in [0.2, 0.25) is 0 Å². The van der Waals surface area contributed by atoms with E-state index in [0.717, 1.165) is 34.6 Å². The zero-order chi connectivity index (χ0) is 24.1. The number of fused-ring (bicyclic) bond motifs is 1. The third-order valence-electron chi connectivity index (χ3n) is 7.10. The van der Waals surface area contributed by atoms with Gasteiger partial charge >= 0.3 is 0 Å². The van der Waals surface area contributed by atoms with Gasteiger partial charge in [-0.05, 0) is 41.5 Å². The molecule has 0 fully saturated rings. The number of nitrogens with zero attached hydrogens (tertiary/aromatic N) is 2. The summed E-state index contributed by atoms with van der Waals surface area (Å²) < 4.78 is 20.3. The van der Waals surface area contributed by atoms with Crippen LogP contribution in [-0.2, 0) is 10.2 Å². The zero-order valence-corrected chi connectivity index (χ0v) is 19.9. The summed E-state index contributed by atoms with van der Waals surface area (Å²) in [6.45, 7) is 6.34. The molecule has 0 saturated heterocycles. The summed E-state index contributed by atoms with van der Waals surface area (Å²) in [6.07, 6.45) is 6.38. The van der Waals surface area contributed by atoms with Crippen LogP contribution in [0.25, 0.3) is 11.1 Å². The Morgan fingerprint density at radius 1 is 1.15 bits per heavy atom. The lowest BCUT2D eigenvalue weighted by atomic mass is 9.59. The van der Waals surface area contributed by atoms with Crippen molar-refractivity contribution in [3.05, 3.63) is 83.2 Å². The van der Waals surface area contributed by atoms with Crippen LogP contribution in [-0.4, -0.2) is 22.9 Å². The minimum absolute atomic E-state index is 0.135. The monoisotopic (exact) mass is 457 g/mol. The molecule has 34 heavy (non-hydrogen) atoms. The molecule has 1 aromatic carbocycles. The van der Waals surface area contributed by atoms with Crippen LogP contribution in [0.2, 0.25) is 0 Å². The molecular formula is C28H28FN3O2. The van der Waals surface area contributed by atoms with E-state index >= 15 is 0 Å². The van der Waals surface area contributed by atoms with Gasteiger partial charge in [-0.1, -0.05) is 45.0 Å². The summed E-state index contributed by atoms with van der Waals surface area (Å²) >= 11 is 0. The lowest BCUT2D eigenvalue weighted by Gasteiger charge is -2.46. The number of halogens is 1. The highest BCUT2D eigenvalue weighted by atomic mass is 19.1. The fourth-order valence-electron chi connectivity index (χ4n) is 5.71. The number of pyridine rings is 2. The van der Waals surface area contributed by atoms with Crippen molar-refractivity contribution in [3.8, 4) is 16.9 Å². The molecule has 2 aromatic heterocycles. The minimum Gasteiger partial charge on any atom is -0.494 e. The number of carbonyl (C=O) groups is 1. The predicted molar refractivity (Wildman–Crippen MR) is 130 cm³/mol. The van der Waals surface area contributed by atoms with Gasteiger partial charge in [-0.25, -0.2) is 9.37 Å². The molecule has 0 unspecified atom stereocenters. The first-order valence-electron chi connectivity index (χ1n) is 11.6. The summed E-state index contributed by atoms with van der Waals surface area (Å²) in [5, 5.41) is 3.48. The van der Waals surface area contributed by atoms with Crippen molar-refractivity contribution < 1.29 is 13.9 Å². The summed E-state index contributed by atoms with van der Waals surface area (Å²) in [5.74, 6) is 0.829. The molecule has 174 valence electrons. The minimum atomic E-state index is -0.690. The van der Waals surface area contributed by atoms with Crippen molar-refractivity contribution in [2.45, 2.75) is 45.4 Å². The average molecular weight is 458 g/mol. The lowest BCUT2D eigenvalue weighted by molar-refractivity contribution is -0.118. The quantitative estimate of drug-likeness (QED) is 0.516. The molecule has 1 atom stereocenters. The first kappa shape index (κ1) is 22.3. The van der Waals surface area contributed by atoms with Crippen molar-refractivity contribution in [1.82, 2.24) is 9.97 Å². The highest BCUT2D eigenvalue weighted by molar-refractivity contribution is 6.03. The molecule has 1 aliphatic heterocycles. The number of ether oxygens (including phenoxy) is 1. The Hall–Kier alpha value is -3.54. The van der Waals surface area contributed by atoms with E-state index in [1.54, 1.807) is 6.20 Å². The second kappa shape index (κ2) is 8.05. The van der Waals surface area contributed by atoms with Gasteiger partial charge in [0.05, 0.1) is 30.5 Å². The van der Waals surface area contributed by atoms with Crippen LogP contribution < -0.4 is 10.1 Å². The SMILES string of the molecule is CC[C@]1(c2cccc(-c3c(F)cncc3OC)c2)C2=C(CC(C)(C)CC2=O)Nc2ncccc21. The summed E-state index contributed by atoms with van der Waals surface area (Å²) in [7, 11) is 1.51. The van der Waals surface area contributed by atoms with Crippen molar-refractivity contribution in [1.29, 1.82) is 0 Å². The molecule has 5 nitrogen and oxygen atoms in total. The average Bonchev–Trinajstić information content (AvgIpc) is 2.81. The molecule has 6 heteroatoms. The number of carbonyl (C=O) groups excluding carboxylic acids is 1. The van der Waals surface area contributed by atoms with Gasteiger partial charge in [0.15, 0.2) is 11.6 Å². The van der Waals surface area contributed by atoms with Crippen molar-refractivity contribution in [2.24, 2.45) is 5.41 Å². The van der Waals surface area contributed by atoms with Crippen LogP contribution in [0.4, 0.5) is 10.2 Å². The topological polar surface area (TPSA) is 64.1 Å². The Kier molecular flexibility index (Phi) is 5.27. The maximum atomic E-state index is 14.9. The van der Waals surface area contributed by atoms with Gasteiger partial charge in [-0.15, -0.1) is 0 Å². The van der Waals surface area contributed by atoms with Crippen molar-refractivity contribution >= 4 is 11.6 Å². The van der Waals surface area contributed by atoms with Crippen LogP contribution in [0.15, 0.2) is 66.3 Å². The molecule has 0 spiro atoms. The van der Waals surface area contributed by atoms with E-state index in [2.05, 4.69) is 36.1 Å². The standard InChI is InChI=1S/C28H28FN3O2/c1-5-28(18-9-6-8-17(12-18)24-20(29)15-30-16-23(24)34-4)19-10-7-11-31-26(19)32-21-13-27(2,3)14-22(33)25(21)28/h6-12,15-16H,5,13-14H2,1-4H3,(H,31,32)/t28-/m1/s1. The molecule has 0 amide bonds. The number of hydrogen-bond donors (Lipinski definition) is 1. The van der Waals surface area contributed by atoms with Crippen LogP contribution in [0.1, 0.15) is 51.2 Å². The third-order valence-corrected chi connectivity index (χ3v) is 7.10. The second-order valence-electron chi connectivity index (χ2n) is 9.86. The largest absolute Gasteiger partial charge is 0.494 e. The second-order valence-corrected chi connectivity index (χ2v) is 9.86. The molecule has 5 rings (SSSR count). The van der Waals surface area contributed by atoms with E-state index in [9.17, 15) is 9.18 Å². The van der Waals surface area contributed by atoms with E-state index in [0.29, 0.717) is 29.7 Å². The van der Waals surface area contributed by atoms with Gasteiger partial charge in [0.1, 0.15) is 11.6 Å². The molecular weight excluding hydrogens is 429 g/mol. The Morgan fingerprint density at radius 2 is 1.97 bits per heavy atom. The molecule has 3 heterocycles. The summed E-state index contributed by atoms with van der Waals surface area (Å²) in [6, 6.07) is 11.7. The fourth-order valence-corrected chi connectivity index (χ4v) is 5.71. The maximum absolute atomic E-state index is 14.9. The number of hydrogen-bond acceptors (Lipinski definition) is 5. The van der Waals surface area contributed by atoms with Gasteiger partial charge in [-0.3, -0.25) is 9.78 Å². The van der Waals surface area contributed by atoms with Crippen LogP contribution in [0.3, 0.4) is 0 Å². The van der Waals surface area contributed by atoms with Gasteiger partial charge in [0, 0.05) is 29.5 Å². The van der Waals surface area contributed by atoms with Crippen molar-refractivity contribution in [3.63, 3.8) is 0 Å². The maximum Gasteiger partial charge on any atom is 0.162 e. The van der Waals surface area contributed by atoms with Crippen LogP contribution in [0, 0.1) is 11.2 Å². The number of allylic oxidation sites excluding steroid dienone is 2. The molecule has 0 bridgehead atoms. The molecule has 2 aliphatic rings. The number of methoxy groups -OCH3 is 1. The van der Waals surface area contributed by atoms with Crippen LogP contribution >= 0.6 is 0 Å². The number of nitrogens with one attached hydrogen (secondary N) is 1. The highest BCUT2D eigenvalue weighted by Gasteiger charge is 2.49. The Labute approximate surface area is 199 Å².